The standard InChI is InChI=1S/C6H12FNO3/c1-11-6(10)5(8)2-4(9)3-7/h4-5,9H,2-3,8H2,1H3. The second kappa shape index (κ2) is 5.03. The molecule has 0 amide bonds. The van der Waals surface area contributed by atoms with E-state index < -0.39 is 24.8 Å². The van der Waals surface area contributed by atoms with Gasteiger partial charge in [0.2, 0.25) is 0 Å². The van der Waals surface area contributed by atoms with Gasteiger partial charge in [-0.05, 0) is 0 Å². The van der Waals surface area contributed by atoms with Crippen LogP contribution < -0.4 is 5.73 Å². The van der Waals surface area contributed by atoms with Crippen molar-refractivity contribution in [2.75, 3.05) is 13.8 Å². The molecule has 0 bridgehead atoms. The number of aliphatic hydroxyl groups excluding tert-OH is 1. The fourth-order valence-electron chi connectivity index (χ4n) is 0.604. The molecule has 0 aliphatic heterocycles. The number of methoxy groups -OCH3 is 1. The highest BCUT2D eigenvalue weighted by molar-refractivity contribution is 5.75. The van der Waals surface area contributed by atoms with Crippen LogP contribution in [0.2, 0.25) is 0 Å². The van der Waals surface area contributed by atoms with Crippen molar-refractivity contribution in [3.63, 3.8) is 0 Å². The third-order valence-electron chi connectivity index (χ3n) is 1.21. The van der Waals surface area contributed by atoms with Gasteiger partial charge in [0.1, 0.15) is 12.7 Å². The van der Waals surface area contributed by atoms with Crippen LogP contribution in [-0.4, -0.2) is 37.0 Å². The second-order valence-corrected chi connectivity index (χ2v) is 2.17. The monoisotopic (exact) mass is 165 g/mol. The summed E-state index contributed by atoms with van der Waals surface area (Å²) >= 11 is 0. The molecule has 3 N–H and O–H groups in total. The Morgan fingerprint density at radius 1 is 1.82 bits per heavy atom. The molecule has 4 nitrogen and oxygen atoms in total. The molecule has 0 spiro atoms. The Labute approximate surface area is 64.1 Å². The molecule has 0 aromatic heterocycles. The number of carbonyl (C=O) groups is 1. The van der Waals surface area contributed by atoms with Crippen LogP contribution in [0.4, 0.5) is 4.39 Å². The van der Waals surface area contributed by atoms with Crippen molar-refractivity contribution < 1.29 is 19.0 Å². The van der Waals surface area contributed by atoms with Gasteiger partial charge < -0.3 is 15.6 Å². The predicted octanol–water partition coefficient (Wildman–Crippen LogP) is -0.793. The quantitative estimate of drug-likeness (QED) is 0.535. The van der Waals surface area contributed by atoms with Crippen LogP contribution in [0.25, 0.3) is 0 Å². The van der Waals surface area contributed by atoms with E-state index in [-0.39, 0.29) is 6.42 Å². The summed E-state index contributed by atoms with van der Waals surface area (Å²) in [5.74, 6) is -0.641. The summed E-state index contributed by atoms with van der Waals surface area (Å²) in [7, 11) is 1.18. The number of alkyl halides is 1. The number of hydrogen-bond acceptors (Lipinski definition) is 4. The molecule has 0 radical (unpaired) electrons. The van der Waals surface area contributed by atoms with E-state index in [1.807, 2.05) is 0 Å². The fraction of sp³-hybridized carbons (Fsp3) is 0.833. The number of rotatable bonds is 4. The molecular formula is C6H12FNO3. The van der Waals surface area contributed by atoms with Crippen LogP contribution in [0, 0.1) is 0 Å². The lowest BCUT2D eigenvalue weighted by Gasteiger charge is -2.11. The van der Waals surface area contributed by atoms with Crippen molar-refractivity contribution in [3.8, 4) is 0 Å². The summed E-state index contributed by atoms with van der Waals surface area (Å²) < 4.78 is 15.9. The van der Waals surface area contributed by atoms with Gasteiger partial charge in [-0.25, -0.2) is 4.39 Å². The summed E-state index contributed by atoms with van der Waals surface area (Å²) in [6.07, 6.45) is -1.28. The van der Waals surface area contributed by atoms with E-state index in [2.05, 4.69) is 4.74 Å². The highest BCUT2D eigenvalue weighted by Crippen LogP contribution is 1.98. The zero-order valence-corrected chi connectivity index (χ0v) is 6.29. The lowest BCUT2D eigenvalue weighted by atomic mass is 10.1. The topological polar surface area (TPSA) is 72.5 Å². The van der Waals surface area contributed by atoms with E-state index >= 15 is 0 Å². The van der Waals surface area contributed by atoms with Crippen LogP contribution in [0.5, 0.6) is 0 Å². The van der Waals surface area contributed by atoms with Gasteiger partial charge >= 0.3 is 5.97 Å². The first-order chi connectivity index (χ1) is 5.11. The molecule has 0 heterocycles. The summed E-state index contributed by atoms with van der Waals surface area (Å²) in [4.78, 5) is 10.6. The molecule has 0 aromatic carbocycles. The van der Waals surface area contributed by atoms with E-state index in [0.717, 1.165) is 0 Å². The average Bonchev–Trinajstić information content (AvgIpc) is 2.02. The summed E-state index contributed by atoms with van der Waals surface area (Å²) in [6, 6.07) is -0.939. The van der Waals surface area contributed by atoms with Gasteiger partial charge in [0, 0.05) is 6.42 Å². The SMILES string of the molecule is COC(=O)C(N)CC(O)CF. The van der Waals surface area contributed by atoms with E-state index in [9.17, 15) is 9.18 Å². The maximum Gasteiger partial charge on any atom is 0.322 e. The third-order valence-corrected chi connectivity index (χ3v) is 1.21. The number of hydrogen-bond donors (Lipinski definition) is 2. The van der Waals surface area contributed by atoms with Gasteiger partial charge in [-0.1, -0.05) is 0 Å². The average molecular weight is 165 g/mol. The first-order valence-corrected chi connectivity index (χ1v) is 3.19. The first-order valence-electron chi connectivity index (χ1n) is 3.19. The molecule has 0 saturated heterocycles. The Bertz CT molecular complexity index is 131. The van der Waals surface area contributed by atoms with Gasteiger partial charge in [0.25, 0.3) is 0 Å². The van der Waals surface area contributed by atoms with Crippen molar-refractivity contribution >= 4 is 5.97 Å². The van der Waals surface area contributed by atoms with Gasteiger partial charge in [-0.15, -0.1) is 0 Å². The number of nitrogens with two attached hydrogens (primary N) is 1. The van der Waals surface area contributed by atoms with Gasteiger partial charge in [-0.3, -0.25) is 4.79 Å². The van der Waals surface area contributed by atoms with Crippen molar-refractivity contribution in [1.29, 1.82) is 0 Å². The molecule has 2 unspecified atom stereocenters. The zero-order chi connectivity index (χ0) is 8.85. The molecule has 0 aromatic rings. The number of halogens is 1. The largest absolute Gasteiger partial charge is 0.468 e. The molecule has 0 rings (SSSR count). The Balaban J connectivity index is 3.67. The minimum atomic E-state index is -1.18. The van der Waals surface area contributed by atoms with Crippen molar-refractivity contribution in [3.05, 3.63) is 0 Å². The van der Waals surface area contributed by atoms with Gasteiger partial charge in [0.05, 0.1) is 13.2 Å². The van der Waals surface area contributed by atoms with Crippen molar-refractivity contribution in [1.82, 2.24) is 0 Å². The number of aliphatic hydroxyl groups is 1. The summed E-state index contributed by atoms with van der Waals surface area (Å²) in [5.41, 5.74) is 5.20. The molecule has 0 fully saturated rings. The smallest absolute Gasteiger partial charge is 0.322 e. The molecule has 66 valence electrons. The normalized spacial score (nSPS) is 15.6. The van der Waals surface area contributed by atoms with Crippen molar-refractivity contribution in [2.45, 2.75) is 18.6 Å². The molecule has 11 heavy (non-hydrogen) atoms. The number of carbonyl (C=O) groups excluding carboxylic acids is 1. The Kier molecular flexibility index (Phi) is 4.72. The number of esters is 1. The highest BCUT2D eigenvalue weighted by atomic mass is 19.1. The predicted molar refractivity (Wildman–Crippen MR) is 36.6 cm³/mol. The lowest BCUT2D eigenvalue weighted by Crippen LogP contribution is -2.35. The first kappa shape index (κ1) is 10.3. The van der Waals surface area contributed by atoms with Gasteiger partial charge in [0.15, 0.2) is 0 Å². The Hall–Kier alpha value is -0.680. The second-order valence-electron chi connectivity index (χ2n) is 2.17. The number of ether oxygens (including phenoxy) is 1. The van der Waals surface area contributed by atoms with Crippen molar-refractivity contribution in [2.24, 2.45) is 5.73 Å². The fourth-order valence-corrected chi connectivity index (χ4v) is 0.604. The minimum absolute atomic E-state index is 0.108. The lowest BCUT2D eigenvalue weighted by molar-refractivity contribution is -0.143. The molecule has 5 heteroatoms. The molecule has 0 saturated carbocycles. The zero-order valence-electron chi connectivity index (χ0n) is 6.29. The maximum atomic E-state index is 11.7. The molecular weight excluding hydrogens is 153 g/mol. The van der Waals surface area contributed by atoms with E-state index in [1.165, 1.54) is 7.11 Å². The molecule has 0 aliphatic rings. The Morgan fingerprint density at radius 2 is 2.36 bits per heavy atom. The highest BCUT2D eigenvalue weighted by Gasteiger charge is 2.17. The van der Waals surface area contributed by atoms with Crippen LogP contribution in [0.3, 0.4) is 0 Å². The summed E-state index contributed by atoms with van der Waals surface area (Å²) in [5, 5.41) is 8.71. The van der Waals surface area contributed by atoms with Gasteiger partial charge in [-0.2, -0.15) is 0 Å². The van der Waals surface area contributed by atoms with E-state index in [0.29, 0.717) is 0 Å². The third kappa shape index (κ3) is 3.90. The maximum absolute atomic E-state index is 11.7. The van der Waals surface area contributed by atoms with Crippen LogP contribution in [-0.2, 0) is 9.53 Å². The van der Waals surface area contributed by atoms with E-state index in [1.54, 1.807) is 0 Å². The Morgan fingerprint density at radius 3 is 2.73 bits per heavy atom. The minimum Gasteiger partial charge on any atom is -0.468 e. The van der Waals surface area contributed by atoms with Crippen LogP contribution >= 0.6 is 0 Å². The van der Waals surface area contributed by atoms with E-state index in [4.69, 9.17) is 10.8 Å². The van der Waals surface area contributed by atoms with Crippen LogP contribution in [0.1, 0.15) is 6.42 Å². The molecule has 0 aliphatic carbocycles. The molecule has 2 atom stereocenters. The van der Waals surface area contributed by atoms with Crippen LogP contribution in [0.15, 0.2) is 0 Å². The summed E-state index contributed by atoms with van der Waals surface area (Å²) in [6.45, 7) is -0.898.